The van der Waals surface area contributed by atoms with E-state index in [2.05, 4.69) is 11.1 Å². The molecule has 2 amide bonds. The molecule has 2 aromatic carbocycles. The number of hydrogen-bond donors (Lipinski definition) is 1. The first-order chi connectivity index (χ1) is 16.4. The minimum absolute atomic E-state index is 0.0208. The maximum atomic E-state index is 13.5. The summed E-state index contributed by atoms with van der Waals surface area (Å²) >= 11 is 6.05. The lowest BCUT2D eigenvalue weighted by atomic mass is 10.1. The minimum atomic E-state index is -0.175. The van der Waals surface area contributed by atoms with Crippen LogP contribution in [0, 0.1) is 5.92 Å². The van der Waals surface area contributed by atoms with Crippen molar-refractivity contribution in [1.82, 2.24) is 14.8 Å². The van der Waals surface area contributed by atoms with Gasteiger partial charge in [-0.3, -0.25) is 9.59 Å². The van der Waals surface area contributed by atoms with E-state index in [0.29, 0.717) is 44.1 Å². The third-order valence-corrected chi connectivity index (χ3v) is 6.13. The van der Waals surface area contributed by atoms with Crippen molar-refractivity contribution in [2.45, 2.75) is 33.2 Å². The molecule has 3 rings (SSSR count). The molecular weight excluding hydrogens is 450 g/mol. The summed E-state index contributed by atoms with van der Waals surface area (Å²) in [5, 5.41) is 1.82. The van der Waals surface area contributed by atoms with Crippen LogP contribution in [0.25, 0.3) is 10.9 Å². The van der Waals surface area contributed by atoms with Crippen LogP contribution in [0.1, 0.15) is 31.4 Å². The standard InChI is InChI=1S/C27H34ClN3O3/c1-20(2)27(33)31(14-6-16-34-3)19-26(32)30(18-21-9-11-23(28)12-10-21)15-13-22-17-29-25-8-5-4-7-24(22)25/h4-5,7-12,17,20,29H,6,13-16,18-19H2,1-3H3. The predicted octanol–water partition coefficient (Wildman–Crippen LogP) is 4.91. The molecule has 3 aromatic rings. The Balaban J connectivity index is 1.76. The molecule has 0 radical (unpaired) electrons. The summed E-state index contributed by atoms with van der Waals surface area (Å²) in [6, 6.07) is 15.7. The molecule has 0 aliphatic carbocycles. The summed E-state index contributed by atoms with van der Waals surface area (Å²) in [7, 11) is 1.64. The van der Waals surface area contributed by atoms with Gasteiger partial charge in [0.15, 0.2) is 0 Å². The molecule has 0 bridgehead atoms. The molecule has 0 saturated heterocycles. The summed E-state index contributed by atoms with van der Waals surface area (Å²) in [6.45, 7) is 5.82. The highest BCUT2D eigenvalue weighted by molar-refractivity contribution is 6.30. The van der Waals surface area contributed by atoms with Crippen LogP contribution in [0.3, 0.4) is 0 Å². The Morgan fingerprint density at radius 3 is 2.47 bits per heavy atom. The van der Waals surface area contributed by atoms with Crippen LogP contribution in [0.5, 0.6) is 0 Å². The largest absolute Gasteiger partial charge is 0.385 e. The highest BCUT2D eigenvalue weighted by atomic mass is 35.5. The van der Waals surface area contributed by atoms with Gasteiger partial charge in [0.05, 0.1) is 6.54 Å². The number of carbonyl (C=O) groups excluding carboxylic acids is 2. The van der Waals surface area contributed by atoms with Gasteiger partial charge < -0.3 is 19.5 Å². The number of aromatic amines is 1. The Labute approximate surface area is 206 Å². The maximum Gasteiger partial charge on any atom is 0.242 e. The molecule has 0 fully saturated rings. The fourth-order valence-corrected chi connectivity index (χ4v) is 4.12. The van der Waals surface area contributed by atoms with Crippen molar-refractivity contribution >= 4 is 34.3 Å². The SMILES string of the molecule is COCCCN(CC(=O)N(CCc1c[nH]c2ccccc12)Cc1ccc(Cl)cc1)C(=O)C(C)C. The normalized spacial score (nSPS) is 11.2. The topological polar surface area (TPSA) is 65.6 Å². The number of H-pyrrole nitrogens is 1. The number of carbonyl (C=O) groups is 2. The molecule has 1 aromatic heterocycles. The number of methoxy groups -OCH3 is 1. The zero-order valence-electron chi connectivity index (χ0n) is 20.2. The average Bonchev–Trinajstić information content (AvgIpc) is 3.25. The number of aromatic nitrogens is 1. The monoisotopic (exact) mass is 483 g/mol. The van der Waals surface area contributed by atoms with Gasteiger partial charge in [0.25, 0.3) is 0 Å². The minimum Gasteiger partial charge on any atom is -0.385 e. The van der Waals surface area contributed by atoms with Gasteiger partial charge in [0.1, 0.15) is 0 Å². The molecule has 0 atom stereocenters. The van der Waals surface area contributed by atoms with Crippen LogP contribution in [-0.4, -0.2) is 59.9 Å². The number of nitrogens with zero attached hydrogens (tertiary/aromatic N) is 2. The van der Waals surface area contributed by atoms with E-state index < -0.39 is 0 Å². The molecule has 0 saturated carbocycles. The van der Waals surface area contributed by atoms with Crippen LogP contribution in [0.15, 0.2) is 54.7 Å². The molecule has 1 heterocycles. The van der Waals surface area contributed by atoms with Crippen molar-refractivity contribution < 1.29 is 14.3 Å². The molecule has 6 nitrogen and oxygen atoms in total. The van der Waals surface area contributed by atoms with Crippen molar-refractivity contribution in [2.75, 3.05) is 33.4 Å². The number of halogens is 1. The van der Waals surface area contributed by atoms with Gasteiger partial charge in [0.2, 0.25) is 11.8 Å². The second-order valence-electron chi connectivity index (χ2n) is 8.81. The Kier molecular flexibility index (Phi) is 9.54. The summed E-state index contributed by atoms with van der Waals surface area (Å²) < 4.78 is 5.14. The van der Waals surface area contributed by atoms with Crippen molar-refractivity contribution in [2.24, 2.45) is 5.92 Å². The average molecular weight is 484 g/mol. The van der Waals surface area contributed by atoms with E-state index in [-0.39, 0.29) is 24.3 Å². The van der Waals surface area contributed by atoms with Crippen LogP contribution < -0.4 is 0 Å². The van der Waals surface area contributed by atoms with E-state index in [1.165, 1.54) is 5.56 Å². The highest BCUT2D eigenvalue weighted by Crippen LogP contribution is 2.19. The zero-order valence-corrected chi connectivity index (χ0v) is 21.0. The third-order valence-electron chi connectivity index (χ3n) is 5.87. The van der Waals surface area contributed by atoms with Gasteiger partial charge in [-0.05, 0) is 42.2 Å². The number of hydrogen-bond acceptors (Lipinski definition) is 3. The van der Waals surface area contributed by atoms with Crippen LogP contribution >= 0.6 is 11.6 Å². The van der Waals surface area contributed by atoms with Crippen LogP contribution in [-0.2, 0) is 27.3 Å². The van der Waals surface area contributed by atoms with E-state index in [4.69, 9.17) is 16.3 Å². The van der Waals surface area contributed by atoms with Crippen LogP contribution in [0.2, 0.25) is 5.02 Å². The fourth-order valence-electron chi connectivity index (χ4n) is 3.99. The van der Waals surface area contributed by atoms with Crippen molar-refractivity contribution in [3.8, 4) is 0 Å². The zero-order chi connectivity index (χ0) is 24.5. The number of para-hydroxylation sites is 1. The molecule has 0 spiro atoms. The van der Waals surface area contributed by atoms with Crippen molar-refractivity contribution in [3.05, 3.63) is 70.9 Å². The van der Waals surface area contributed by atoms with E-state index >= 15 is 0 Å². The maximum absolute atomic E-state index is 13.5. The summed E-state index contributed by atoms with van der Waals surface area (Å²) in [5.41, 5.74) is 3.25. The Bertz CT molecular complexity index is 1080. The second-order valence-corrected chi connectivity index (χ2v) is 9.25. The Hall–Kier alpha value is -2.83. The van der Waals surface area contributed by atoms with Crippen molar-refractivity contribution in [3.63, 3.8) is 0 Å². The fraction of sp³-hybridized carbons (Fsp3) is 0.407. The smallest absolute Gasteiger partial charge is 0.242 e. The molecule has 1 N–H and O–H groups in total. The van der Waals surface area contributed by atoms with Gasteiger partial charge in [-0.25, -0.2) is 0 Å². The lowest BCUT2D eigenvalue weighted by Crippen LogP contribution is -2.45. The Morgan fingerprint density at radius 1 is 1.03 bits per heavy atom. The lowest BCUT2D eigenvalue weighted by Gasteiger charge is -2.29. The molecule has 0 aliphatic rings. The number of benzene rings is 2. The van der Waals surface area contributed by atoms with Gasteiger partial charge >= 0.3 is 0 Å². The van der Waals surface area contributed by atoms with Gasteiger partial charge in [0, 0.05) is 61.4 Å². The van der Waals surface area contributed by atoms with Gasteiger partial charge in [-0.2, -0.15) is 0 Å². The summed E-state index contributed by atoms with van der Waals surface area (Å²) in [4.78, 5) is 33.0. The molecule has 34 heavy (non-hydrogen) atoms. The number of nitrogens with one attached hydrogen (secondary N) is 1. The first-order valence-corrected chi connectivity index (χ1v) is 12.1. The quantitative estimate of drug-likeness (QED) is 0.372. The number of ether oxygens (including phenoxy) is 1. The highest BCUT2D eigenvalue weighted by Gasteiger charge is 2.23. The van der Waals surface area contributed by atoms with Gasteiger partial charge in [-0.1, -0.05) is 55.8 Å². The van der Waals surface area contributed by atoms with E-state index in [0.717, 1.165) is 16.5 Å². The van der Waals surface area contributed by atoms with Crippen LogP contribution in [0.4, 0.5) is 0 Å². The van der Waals surface area contributed by atoms with Gasteiger partial charge in [-0.15, -0.1) is 0 Å². The molecule has 0 aliphatic heterocycles. The Morgan fingerprint density at radius 2 is 1.76 bits per heavy atom. The molecule has 7 heteroatoms. The van der Waals surface area contributed by atoms with E-state index in [1.54, 1.807) is 12.0 Å². The summed E-state index contributed by atoms with van der Waals surface area (Å²) in [6.07, 6.45) is 3.41. The van der Waals surface area contributed by atoms with E-state index in [9.17, 15) is 9.59 Å². The lowest BCUT2D eigenvalue weighted by molar-refractivity contribution is -0.142. The second kappa shape index (κ2) is 12.6. The molecular formula is C27H34ClN3O3. The first-order valence-electron chi connectivity index (χ1n) is 11.7. The van der Waals surface area contributed by atoms with Crippen molar-refractivity contribution in [1.29, 1.82) is 0 Å². The third kappa shape index (κ3) is 7.08. The predicted molar refractivity (Wildman–Crippen MR) is 137 cm³/mol. The summed E-state index contributed by atoms with van der Waals surface area (Å²) in [5.74, 6) is -0.264. The number of fused-ring (bicyclic) bond motifs is 1. The number of amides is 2. The molecule has 0 unspecified atom stereocenters. The first kappa shape index (κ1) is 25.8. The number of rotatable bonds is 12. The van der Waals surface area contributed by atoms with E-state index in [1.807, 2.05) is 67.4 Å². The molecule has 182 valence electrons.